The second-order valence-corrected chi connectivity index (χ2v) is 8.12. The molecule has 32 heavy (non-hydrogen) atoms. The van der Waals surface area contributed by atoms with Gasteiger partial charge >= 0.3 is 0 Å². The molecule has 0 spiro atoms. The summed E-state index contributed by atoms with van der Waals surface area (Å²) in [6, 6.07) is 10.6. The lowest BCUT2D eigenvalue weighted by molar-refractivity contribution is -0.133. The first-order valence-corrected chi connectivity index (χ1v) is 10.8. The molecule has 0 unspecified atom stereocenters. The van der Waals surface area contributed by atoms with Gasteiger partial charge in [-0.2, -0.15) is 0 Å². The Bertz CT molecular complexity index is 971. The van der Waals surface area contributed by atoms with E-state index in [2.05, 4.69) is 0 Å². The molecule has 8 heteroatoms. The van der Waals surface area contributed by atoms with E-state index in [9.17, 15) is 9.59 Å². The molecule has 2 aromatic carbocycles. The van der Waals surface area contributed by atoms with E-state index in [1.165, 1.54) is 0 Å². The molecule has 0 aliphatic carbocycles. The molecule has 0 radical (unpaired) electrons. The number of ether oxygens (including phenoxy) is 3. The Labute approximate surface area is 193 Å². The lowest BCUT2D eigenvalue weighted by Gasteiger charge is -2.24. The van der Waals surface area contributed by atoms with Crippen LogP contribution in [-0.2, 0) is 4.79 Å². The van der Waals surface area contributed by atoms with Crippen molar-refractivity contribution in [2.75, 3.05) is 48.0 Å². The molecule has 1 heterocycles. The van der Waals surface area contributed by atoms with Crippen LogP contribution in [0.4, 0.5) is 0 Å². The summed E-state index contributed by atoms with van der Waals surface area (Å²) < 4.78 is 16.4. The molecule has 1 fully saturated rings. The fourth-order valence-electron chi connectivity index (χ4n) is 4.12. The maximum absolute atomic E-state index is 13.2. The van der Waals surface area contributed by atoms with Crippen LogP contribution in [0.1, 0.15) is 28.8 Å². The summed E-state index contributed by atoms with van der Waals surface area (Å²) in [5.74, 6) is 0.642. The number of amides is 2. The number of nitrogens with zero attached hydrogens (tertiary/aromatic N) is 2. The van der Waals surface area contributed by atoms with Crippen molar-refractivity contribution in [3.8, 4) is 17.2 Å². The maximum Gasteiger partial charge on any atom is 0.255 e. The van der Waals surface area contributed by atoms with Crippen molar-refractivity contribution >= 4 is 23.4 Å². The second kappa shape index (κ2) is 10.1. The third kappa shape index (κ3) is 4.48. The SMILES string of the molecule is CCN(C)C(=O)[C@@H]1CN(C(=O)c2ccccc2Cl)C[C@H]1c1cc(OC)c(OC)c(OC)c1. The zero-order valence-electron chi connectivity index (χ0n) is 19.1. The molecule has 1 aliphatic heterocycles. The Hall–Kier alpha value is -2.93. The number of halogens is 1. The number of hydrogen-bond acceptors (Lipinski definition) is 5. The van der Waals surface area contributed by atoms with Gasteiger partial charge in [0, 0.05) is 32.6 Å². The highest BCUT2D eigenvalue weighted by Crippen LogP contribution is 2.43. The molecule has 0 N–H and O–H groups in total. The van der Waals surface area contributed by atoms with Gasteiger partial charge in [-0.3, -0.25) is 9.59 Å². The summed E-state index contributed by atoms with van der Waals surface area (Å²) in [6.45, 7) is 3.18. The lowest BCUT2D eigenvalue weighted by atomic mass is 9.87. The van der Waals surface area contributed by atoms with Crippen LogP contribution in [-0.4, -0.2) is 69.6 Å². The van der Waals surface area contributed by atoms with Crippen LogP contribution in [0.15, 0.2) is 36.4 Å². The molecule has 2 aromatic rings. The number of benzene rings is 2. The molecule has 2 amide bonds. The fourth-order valence-corrected chi connectivity index (χ4v) is 4.33. The summed E-state index contributed by atoms with van der Waals surface area (Å²) in [4.78, 5) is 29.9. The first kappa shape index (κ1) is 23.7. The Balaban J connectivity index is 2.03. The van der Waals surface area contributed by atoms with Crippen molar-refractivity contribution in [1.29, 1.82) is 0 Å². The molecule has 0 saturated carbocycles. The van der Waals surface area contributed by atoms with Gasteiger partial charge in [0.15, 0.2) is 11.5 Å². The van der Waals surface area contributed by atoms with E-state index in [-0.39, 0.29) is 17.7 Å². The second-order valence-electron chi connectivity index (χ2n) is 7.71. The quantitative estimate of drug-likeness (QED) is 0.630. The number of methoxy groups -OCH3 is 3. The minimum absolute atomic E-state index is 0.0132. The Morgan fingerprint density at radius 3 is 2.22 bits per heavy atom. The molecule has 172 valence electrons. The van der Waals surface area contributed by atoms with Gasteiger partial charge < -0.3 is 24.0 Å². The average molecular weight is 461 g/mol. The zero-order valence-corrected chi connectivity index (χ0v) is 19.8. The molecule has 0 aromatic heterocycles. The number of likely N-dealkylation sites (tertiary alicyclic amines) is 1. The van der Waals surface area contributed by atoms with Crippen LogP contribution in [0.3, 0.4) is 0 Å². The topological polar surface area (TPSA) is 68.3 Å². The van der Waals surface area contributed by atoms with Crippen molar-refractivity contribution in [1.82, 2.24) is 9.80 Å². The van der Waals surface area contributed by atoms with Crippen molar-refractivity contribution in [3.05, 3.63) is 52.5 Å². The van der Waals surface area contributed by atoms with Gasteiger partial charge in [0.2, 0.25) is 11.7 Å². The van der Waals surface area contributed by atoms with Crippen LogP contribution in [0, 0.1) is 5.92 Å². The Morgan fingerprint density at radius 1 is 1.06 bits per heavy atom. The van der Waals surface area contributed by atoms with E-state index in [1.54, 1.807) is 62.4 Å². The summed E-state index contributed by atoms with van der Waals surface area (Å²) >= 11 is 6.27. The monoisotopic (exact) mass is 460 g/mol. The van der Waals surface area contributed by atoms with Crippen LogP contribution < -0.4 is 14.2 Å². The third-order valence-corrected chi connectivity index (χ3v) is 6.32. The largest absolute Gasteiger partial charge is 0.493 e. The number of rotatable bonds is 7. The van der Waals surface area contributed by atoms with Gasteiger partial charge in [-0.05, 0) is 36.8 Å². The fraction of sp³-hybridized carbons (Fsp3) is 0.417. The molecule has 7 nitrogen and oxygen atoms in total. The maximum atomic E-state index is 13.2. The Morgan fingerprint density at radius 2 is 1.69 bits per heavy atom. The van der Waals surface area contributed by atoms with Gasteiger partial charge in [0.05, 0.1) is 37.8 Å². The number of carbonyl (C=O) groups excluding carboxylic acids is 2. The molecular formula is C24H29ClN2O5. The van der Waals surface area contributed by atoms with E-state index in [1.807, 2.05) is 19.1 Å². The highest BCUT2D eigenvalue weighted by molar-refractivity contribution is 6.33. The van der Waals surface area contributed by atoms with Crippen LogP contribution in [0.2, 0.25) is 5.02 Å². The normalized spacial score (nSPS) is 17.8. The van der Waals surface area contributed by atoms with Gasteiger partial charge in [0.1, 0.15) is 0 Å². The number of carbonyl (C=O) groups is 2. The molecular weight excluding hydrogens is 432 g/mol. The molecule has 3 rings (SSSR count). The predicted molar refractivity (Wildman–Crippen MR) is 123 cm³/mol. The minimum Gasteiger partial charge on any atom is -0.493 e. The lowest BCUT2D eigenvalue weighted by Crippen LogP contribution is -2.37. The molecule has 1 saturated heterocycles. The first-order valence-electron chi connectivity index (χ1n) is 10.4. The van der Waals surface area contributed by atoms with Crippen molar-refractivity contribution in [2.24, 2.45) is 5.92 Å². The highest BCUT2D eigenvalue weighted by Gasteiger charge is 2.42. The molecule has 2 atom stereocenters. The van der Waals surface area contributed by atoms with Gasteiger partial charge in [-0.25, -0.2) is 0 Å². The van der Waals surface area contributed by atoms with Crippen molar-refractivity contribution < 1.29 is 23.8 Å². The third-order valence-electron chi connectivity index (χ3n) is 5.99. The van der Waals surface area contributed by atoms with Gasteiger partial charge in [0.25, 0.3) is 5.91 Å². The molecule has 1 aliphatic rings. The average Bonchev–Trinajstić information content (AvgIpc) is 3.27. The van der Waals surface area contributed by atoms with E-state index in [0.29, 0.717) is 47.5 Å². The van der Waals surface area contributed by atoms with E-state index >= 15 is 0 Å². The van der Waals surface area contributed by atoms with Crippen LogP contribution in [0.5, 0.6) is 17.2 Å². The predicted octanol–water partition coefficient (Wildman–Crippen LogP) is 3.70. The van der Waals surface area contributed by atoms with Gasteiger partial charge in [-0.15, -0.1) is 0 Å². The Kier molecular flexibility index (Phi) is 7.51. The highest BCUT2D eigenvalue weighted by atomic mass is 35.5. The number of hydrogen-bond donors (Lipinski definition) is 0. The van der Waals surface area contributed by atoms with E-state index < -0.39 is 5.92 Å². The minimum atomic E-state index is -0.408. The summed E-state index contributed by atoms with van der Waals surface area (Å²) in [5, 5.41) is 0.391. The zero-order chi connectivity index (χ0) is 23.4. The standard InChI is InChI=1S/C24H29ClN2O5/c1-6-26(2)23(28)18-14-27(24(29)16-9-7-8-10-19(16)25)13-17(18)15-11-20(30-3)22(32-5)21(12-15)31-4/h7-12,17-18H,6,13-14H2,1-5H3/t17-,18+/m0/s1. The smallest absolute Gasteiger partial charge is 0.255 e. The van der Waals surface area contributed by atoms with E-state index in [4.69, 9.17) is 25.8 Å². The summed E-state index contributed by atoms with van der Waals surface area (Å²) in [5.41, 5.74) is 1.27. The first-order chi connectivity index (χ1) is 15.4. The van der Waals surface area contributed by atoms with Crippen molar-refractivity contribution in [2.45, 2.75) is 12.8 Å². The van der Waals surface area contributed by atoms with Crippen LogP contribution >= 0.6 is 11.6 Å². The van der Waals surface area contributed by atoms with Crippen LogP contribution in [0.25, 0.3) is 0 Å². The van der Waals surface area contributed by atoms with E-state index in [0.717, 1.165) is 5.56 Å². The summed E-state index contributed by atoms with van der Waals surface area (Å²) in [7, 11) is 6.42. The molecule has 0 bridgehead atoms. The van der Waals surface area contributed by atoms with Crippen molar-refractivity contribution in [3.63, 3.8) is 0 Å². The van der Waals surface area contributed by atoms with Gasteiger partial charge in [-0.1, -0.05) is 23.7 Å². The summed E-state index contributed by atoms with van der Waals surface area (Å²) in [6.07, 6.45) is 0.